The zero-order valence-corrected chi connectivity index (χ0v) is 13.5. The van der Waals surface area contributed by atoms with Crippen LogP contribution in [0.1, 0.15) is 20.8 Å². The lowest BCUT2D eigenvalue weighted by atomic mass is 10.2. The number of anilines is 1. The van der Waals surface area contributed by atoms with Gasteiger partial charge in [-0.15, -0.1) is 0 Å². The van der Waals surface area contributed by atoms with E-state index in [4.69, 9.17) is 5.11 Å². The molecule has 1 aromatic heterocycles. The molecule has 104 valence electrons. The van der Waals surface area contributed by atoms with Gasteiger partial charge in [-0.25, -0.2) is 4.79 Å². The topological polar surface area (TPSA) is 71.3 Å². The maximum absolute atomic E-state index is 12.2. The first kappa shape index (κ1) is 14.8. The van der Waals surface area contributed by atoms with Crippen LogP contribution in [0.4, 0.5) is 5.69 Å². The van der Waals surface area contributed by atoms with E-state index < -0.39 is 5.97 Å². The minimum absolute atomic E-state index is 0.0369. The minimum atomic E-state index is -1.10. The molecular formula is C13H10Br2N2O3. The number of aromatic carboxylic acids is 1. The molecule has 0 radical (unpaired) electrons. The van der Waals surface area contributed by atoms with Crippen LogP contribution in [0, 0.1) is 0 Å². The molecule has 1 amide bonds. The summed E-state index contributed by atoms with van der Waals surface area (Å²) >= 11 is 6.54. The first-order chi connectivity index (χ1) is 9.38. The molecule has 0 unspecified atom stereocenters. The summed E-state index contributed by atoms with van der Waals surface area (Å²) in [6.07, 6.45) is 1.74. The van der Waals surface area contributed by atoms with E-state index in [-0.39, 0.29) is 17.2 Å². The Morgan fingerprint density at radius 3 is 2.45 bits per heavy atom. The lowest BCUT2D eigenvalue weighted by Crippen LogP contribution is -2.17. The van der Waals surface area contributed by atoms with Crippen molar-refractivity contribution in [1.82, 2.24) is 4.57 Å². The first-order valence-electron chi connectivity index (χ1n) is 5.54. The van der Waals surface area contributed by atoms with Crippen molar-refractivity contribution in [3.05, 3.63) is 50.7 Å². The smallest absolute Gasteiger partial charge is 0.337 e. The van der Waals surface area contributed by atoms with Gasteiger partial charge in [-0.1, -0.05) is 15.9 Å². The number of halogens is 2. The van der Waals surface area contributed by atoms with Crippen LogP contribution in [0.2, 0.25) is 0 Å². The molecule has 5 nitrogen and oxygen atoms in total. The number of nitrogens with zero attached hydrogens (tertiary/aromatic N) is 1. The average Bonchev–Trinajstić information content (AvgIpc) is 2.68. The average molecular weight is 402 g/mol. The van der Waals surface area contributed by atoms with Crippen LogP contribution >= 0.6 is 31.9 Å². The second-order valence-electron chi connectivity index (χ2n) is 4.10. The van der Waals surface area contributed by atoms with Gasteiger partial charge in [-0.2, -0.15) is 0 Å². The summed E-state index contributed by atoms with van der Waals surface area (Å²) in [5, 5.41) is 11.7. The Kier molecular flexibility index (Phi) is 4.29. The largest absolute Gasteiger partial charge is 0.478 e. The number of nitrogens with one attached hydrogen (secondary N) is 1. The molecule has 1 aromatic carbocycles. The lowest BCUT2D eigenvalue weighted by Gasteiger charge is -2.09. The van der Waals surface area contributed by atoms with E-state index in [0.29, 0.717) is 10.2 Å². The zero-order valence-electron chi connectivity index (χ0n) is 10.4. The number of hydrogen-bond donors (Lipinski definition) is 2. The van der Waals surface area contributed by atoms with Crippen LogP contribution in [0.5, 0.6) is 0 Å². The molecule has 0 aliphatic carbocycles. The number of carboxylic acid groups (broad SMARTS) is 1. The van der Waals surface area contributed by atoms with Gasteiger partial charge in [0, 0.05) is 22.2 Å². The van der Waals surface area contributed by atoms with Gasteiger partial charge in [0.15, 0.2) is 0 Å². The first-order valence-corrected chi connectivity index (χ1v) is 7.13. The number of aryl methyl sites for hydroxylation is 1. The molecule has 20 heavy (non-hydrogen) atoms. The Balaban J connectivity index is 2.34. The third-order valence-corrected chi connectivity index (χ3v) is 3.59. The fourth-order valence-corrected chi connectivity index (χ4v) is 2.63. The number of benzene rings is 1. The molecule has 2 N–H and O–H groups in total. The van der Waals surface area contributed by atoms with Crippen molar-refractivity contribution in [2.75, 3.05) is 5.32 Å². The van der Waals surface area contributed by atoms with Crippen LogP contribution in [0.15, 0.2) is 39.4 Å². The number of carboxylic acids is 1. The van der Waals surface area contributed by atoms with E-state index in [1.807, 2.05) is 0 Å². The summed E-state index contributed by atoms with van der Waals surface area (Å²) in [5.74, 6) is -1.47. The van der Waals surface area contributed by atoms with Crippen molar-refractivity contribution in [1.29, 1.82) is 0 Å². The highest BCUT2D eigenvalue weighted by Gasteiger charge is 2.16. The van der Waals surface area contributed by atoms with E-state index in [2.05, 4.69) is 37.2 Å². The van der Waals surface area contributed by atoms with E-state index in [1.54, 1.807) is 36.0 Å². The van der Waals surface area contributed by atoms with Gasteiger partial charge in [-0.3, -0.25) is 4.79 Å². The highest BCUT2D eigenvalue weighted by Crippen LogP contribution is 2.23. The molecule has 0 aliphatic heterocycles. The molecule has 0 saturated heterocycles. The lowest BCUT2D eigenvalue weighted by molar-refractivity contribution is 0.0698. The number of hydrogen-bond acceptors (Lipinski definition) is 2. The van der Waals surface area contributed by atoms with Crippen molar-refractivity contribution in [3.8, 4) is 0 Å². The molecule has 0 saturated carbocycles. The summed E-state index contributed by atoms with van der Waals surface area (Å²) in [6.45, 7) is 0. The number of rotatable bonds is 3. The molecule has 0 spiro atoms. The number of aromatic nitrogens is 1. The third kappa shape index (κ3) is 3.10. The molecule has 7 heteroatoms. The molecule has 2 aromatic rings. The van der Waals surface area contributed by atoms with Crippen LogP contribution < -0.4 is 5.32 Å². The predicted octanol–water partition coefficient (Wildman–Crippen LogP) is 3.50. The van der Waals surface area contributed by atoms with Gasteiger partial charge >= 0.3 is 5.97 Å². The summed E-state index contributed by atoms with van der Waals surface area (Å²) in [4.78, 5) is 23.3. The van der Waals surface area contributed by atoms with Gasteiger partial charge in [0.2, 0.25) is 0 Å². The Labute approximate surface area is 131 Å². The molecule has 2 rings (SSSR count). The third-order valence-electron chi connectivity index (χ3n) is 2.66. The monoisotopic (exact) mass is 400 g/mol. The Hall–Kier alpha value is -1.60. The molecule has 0 atom stereocenters. The van der Waals surface area contributed by atoms with E-state index in [0.717, 1.165) is 4.47 Å². The van der Waals surface area contributed by atoms with Gasteiger partial charge in [-0.05, 0) is 40.2 Å². The number of carbonyl (C=O) groups excluding carboxylic acids is 1. The van der Waals surface area contributed by atoms with Crippen molar-refractivity contribution in [3.63, 3.8) is 0 Å². The summed E-state index contributed by atoms with van der Waals surface area (Å²) in [5.41, 5.74) is 0.706. The molecular weight excluding hydrogens is 392 g/mol. The van der Waals surface area contributed by atoms with E-state index in [1.165, 1.54) is 6.07 Å². The zero-order chi connectivity index (χ0) is 14.9. The van der Waals surface area contributed by atoms with Crippen LogP contribution in [0.3, 0.4) is 0 Å². The van der Waals surface area contributed by atoms with Crippen LogP contribution in [-0.4, -0.2) is 21.6 Å². The molecule has 0 fully saturated rings. The summed E-state index contributed by atoms with van der Waals surface area (Å²) in [6, 6.07) is 6.26. The van der Waals surface area contributed by atoms with Crippen molar-refractivity contribution >= 4 is 49.4 Å². The maximum Gasteiger partial charge on any atom is 0.337 e. The van der Waals surface area contributed by atoms with Gasteiger partial charge in [0.25, 0.3) is 5.91 Å². The minimum Gasteiger partial charge on any atom is -0.478 e. The standard InChI is InChI=1S/C13H10Br2N2O3/c1-17-6-8(15)5-11(17)12(18)16-10-4-7(14)2-3-9(10)13(19)20/h2-6H,1H3,(H,16,18)(H,19,20). The summed E-state index contributed by atoms with van der Waals surface area (Å²) < 4.78 is 3.11. The molecule has 0 aliphatic rings. The summed E-state index contributed by atoms with van der Waals surface area (Å²) in [7, 11) is 1.73. The molecule has 1 heterocycles. The normalized spacial score (nSPS) is 10.3. The highest BCUT2D eigenvalue weighted by atomic mass is 79.9. The SMILES string of the molecule is Cn1cc(Br)cc1C(=O)Nc1cc(Br)ccc1C(=O)O. The van der Waals surface area contributed by atoms with Gasteiger partial charge in [0.05, 0.1) is 11.3 Å². The second kappa shape index (κ2) is 5.80. The number of carbonyl (C=O) groups is 2. The van der Waals surface area contributed by atoms with Crippen molar-refractivity contribution in [2.24, 2.45) is 7.05 Å². The molecule has 0 bridgehead atoms. The quantitative estimate of drug-likeness (QED) is 0.826. The van der Waals surface area contributed by atoms with Crippen molar-refractivity contribution in [2.45, 2.75) is 0 Å². The maximum atomic E-state index is 12.2. The van der Waals surface area contributed by atoms with Gasteiger partial charge < -0.3 is 15.0 Å². The fraction of sp³-hybridized carbons (Fsp3) is 0.0769. The second-order valence-corrected chi connectivity index (χ2v) is 5.94. The van der Waals surface area contributed by atoms with E-state index in [9.17, 15) is 9.59 Å². The Morgan fingerprint density at radius 1 is 1.20 bits per heavy atom. The predicted molar refractivity (Wildman–Crippen MR) is 82.2 cm³/mol. The Bertz CT molecular complexity index is 695. The highest BCUT2D eigenvalue weighted by molar-refractivity contribution is 9.10. The van der Waals surface area contributed by atoms with Gasteiger partial charge in [0.1, 0.15) is 5.69 Å². The van der Waals surface area contributed by atoms with Crippen LogP contribution in [-0.2, 0) is 7.05 Å². The van der Waals surface area contributed by atoms with E-state index >= 15 is 0 Å². The van der Waals surface area contributed by atoms with Crippen molar-refractivity contribution < 1.29 is 14.7 Å². The fourth-order valence-electron chi connectivity index (χ4n) is 1.74. The van der Waals surface area contributed by atoms with Crippen LogP contribution in [0.25, 0.3) is 0 Å². The number of amides is 1. The Morgan fingerprint density at radius 2 is 1.90 bits per heavy atom.